The molecule has 8 heteroatoms. The Hall–Kier alpha value is -3.39. The molecule has 0 radical (unpaired) electrons. The van der Waals surface area contributed by atoms with E-state index in [1.807, 2.05) is 18.3 Å². The lowest BCUT2D eigenvalue weighted by Crippen LogP contribution is -2.46. The number of nitrogens with zero attached hydrogens (tertiary/aromatic N) is 2. The van der Waals surface area contributed by atoms with Crippen LogP contribution in [0.5, 0.6) is 0 Å². The van der Waals surface area contributed by atoms with Crippen molar-refractivity contribution in [2.24, 2.45) is 4.99 Å². The quantitative estimate of drug-likeness (QED) is 0.593. The van der Waals surface area contributed by atoms with Crippen LogP contribution in [0.4, 0.5) is 8.78 Å². The highest BCUT2D eigenvalue weighted by molar-refractivity contribution is 7.15. The molecule has 158 valence electrons. The number of carbonyl (C=O) groups is 1. The van der Waals surface area contributed by atoms with Gasteiger partial charge in [-0.3, -0.25) is 14.8 Å². The number of halogens is 2. The van der Waals surface area contributed by atoms with E-state index >= 15 is 0 Å². The molecule has 0 fully saturated rings. The van der Waals surface area contributed by atoms with Gasteiger partial charge in [-0.1, -0.05) is 26.0 Å². The Labute approximate surface area is 182 Å². The van der Waals surface area contributed by atoms with E-state index in [1.165, 1.54) is 17.2 Å². The number of amides is 1. The van der Waals surface area contributed by atoms with Gasteiger partial charge in [-0.05, 0) is 30.2 Å². The molecule has 1 aromatic carbocycles. The van der Waals surface area contributed by atoms with Crippen LogP contribution in [0.3, 0.4) is 0 Å². The zero-order valence-corrected chi connectivity index (χ0v) is 17.7. The summed E-state index contributed by atoms with van der Waals surface area (Å²) < 4.78 is 27.7. The third kappa shape index (κ3) is 4.39. The first kappa shape index (κ1) is 20.9. The second-order valence-corrected chi connectivity index (χ2v) is 8.39. The fraction of sp³-hybridized carbons (Fsp3) is 0.174. The standard InChI is InChI=1S/C23H20F2N4OS/c1-13(2)22-15(9-19(31-22)14-5-4-8-26-10-14)18-11-28-20(12-27-18)29-23(30)21-16(24)6-3-7-17(21)25/h3-13,20,28H,1-2H3,(H,29,30). The van der Waals surface area contributed by atoms with E-state index in [9.17, 15) is 13.6 Å². The zero-order chi connectivity index (χ0) is 22.0. The number of aliphatic imine (C=N–C) groups is 1. The number of pyridine rings is 1. The van der Waals surface area contributed by atoms with Crippen molar-refractivity contribution in [3.63, 3.8) is 0 Å². The van der Waals surface area contributed by atoms with Crippen LogP contribution in [0.1, 0.15) is 40.6 Å². The van der Waals surface area contributed by atoms with Gasteiger partial charge in [-0.2, -0.15) is 0 Å². The Kier molecular flexibility index (Phi) is 5.90. The molecule has 0 aliphatic carbocycles. The molecule has 2 aromatic heterocycles. The van der Waals surface area contributed by atoms with Gasteiger partial charge in [0.1, 0.15) is 23.4 Å². The summed E-state index contributed by atoms with van der Waals surface area (Å²) in [4.78, 5) is 23.2. The molecule has 1 aliphatic heterocycles. The number of carbonyl (C=O) groups excluding carboxylic acids is 1. The number of rotatable bonds is 5. The van der Waals surface area contributed by atoms with Gasteiger partial charge in [0, 0.05) is 45.7 Å². The second kappa shape index (κ2) is 8.77. The monoisotopic (exact) mass is 438 g/mol. The molecule has 0 spiro atoms. The van der Waals surface area contributed by atoms with Crippen molar-refractivity contribution >= 4 is 29.2 Å². The average Bonchev–Trinajstić information content (AvgIpc) is 3.21. The van der Waals surface area contributed by atoms with Crippen molar-refractivity contribution in [3.05, 3.63) is 82.6 Å². The highest BCUT2D eigenvalue weighted by atomic mass is 32.1. The number of benzene rings is 1. The van der Waals surface area contributed by atoms with Gasteiger partial charge >= 0.3 is 0 Å². The fourth-order valence-electron chi connectivity index (χ4n) is 3.24. The first-order valence-electron chi connectivity index (χ1n) is 9.74. The fourth-order valence-corrected chi connectivity index (χ4v) is 4.40. The lowest BCUT2D eigenvalue weighted by atomic mass is 10.0. The molecular formula is C23H20F2N4OS. The summed E-state index contributed by atoms with van der Waals surface area (Å²) in [6.07, 6.45) is 6.08. The minimum Gasteiger partial charge on any atom is -0.365 e. The van der Waals surface area contributed by atoms with Crippen LogP contribution in [0, 0.1) is 11.6 Å². The van der Waals surface area contributed by atoms with E-state index in [0.717, 1.165) is 33.8 Å². The Morgan fingerprint density at radius 1 is 1.19 bits per heavy atom. The number of hydrogen-bond donors (Lipinski definition) is 2. The van der Waals surface area contributed by atoms with Crippen molar-refractivity contribution in [2.75, 3.05) is 0 Å². The minimum atomic E-state index is -0.913. The van der Waals surface area contributed by atoms with E-state index in [1.54, 1.807) is 23.7 Å². The Bertz CT molecular complexity index is 1150. The van der Waals surface area contributed by atoms with Crippen LogP contribution in [-0.4, -0.2) is 23.3 Å². The summed E-state index contributed by atoms with van der Waals surface area (Å²) >= 11 is 1.69. The maximum atomic E-state index is 13.8. The molecule has 0 saturated heterocycles. The lowest BCUT2D eigenvalue weighted by Gasteiger charge is -2.20. The average molecular weight is 439 g/mol. The molecule has 1 atom stereocenters. The molecular weight excluding hydrogens is 418 g/mol. The Morgan fingerprint density at radius 3 is 2.58 bits per heavy atom. The van der Waals surface area contributed by atoms with Crippen molar-refractivity contribution in [2.45, 2.75) is 25.9 Å². The Balaban J connectivity index is 1.53. The van der Waals surface area contributed by atoms with Crippen molar-refractivity contribution in [1.29, 1.82) is 0 Å². The van der Waals surface area contributed by atoms with Gasteiger partial charge < -0.3 is 10.6 Å². The summed E-state index contributed by atoms with van der Waals surface area (Å²) in [5, 5.41) is 5.55. The molecule has 1 unspecified atom stereocenters. The first-order chi connectivity index (χ1) is 14.9. The normalized spacial score (nSPS) is 15.5. The first-order valence-corrected chi connectivity index (χ1v) is 10.6. The summed E-state index contributed by atoms with van der Waals surface area (Å²) in [6, 6.07) is 9.29. The van der Waals surface area contributed by atoms with Crippen molar-refractivity contribution in [1.82, 2.24) is 15.6 Å². The molecule has 4 rings (SSSR count). The topological polar surface area (TPSA) is 66.4 Å². The van der Waals surface area contributed by atoms with Gasteiger partial charge in [0.05, 0.1) is 5.70 Å². The maximum absolute atomic E-state index is 13.8. The van der Waals surface area contributed by atoms with Crippen molar-refractivity contribution in [3.8, 4) is 10.4 Å². The third-order valence-electron chi connectivity index (χ3n) is 4.75. The number of aromatic nitrogens is 1. The van der Waals surface area contributed by atoms with Gasteiger partial charge in [-0.25, -0.2) is 8.78 Å². The van der Waals surface area contributed by atoms with E-state index in [0.29, 0.717) is 5.92 Å². The second-order valence-electron chi connectivity index (χ2n) is 7.31. The van der Waals surface area contributed by atoms with E-state index in [2.05, 4.69) is 40.5 Å². The summed E-state index contributed by atoms with van der Waals surface area (Å²) in [7, 11) is 0. The molecule has 1 amide bonds. The smallest absolute Gasteiger partial charge is 0.259 e. The molecule has 3 heterocycles. The minimum absolute atomic E-state index is 0.294. The summed E-state index contributed by atoms with van der Waals surface area (Å²) in [5.74, 6) is -2.38. The van der Waals surface area contributed by atoms with Crippen molar-refractivity contribution < 1.29 is 13.6 Å². The largest absolute Gasteiger partial charge is 0.365 e. The summed E-state index contributed by atoms with van der Waals surface area (Å²) in [5.41, 5.74) is 2.13. The predicted octanol–water partition coefficient (Wildman–Crippen LogP) is 4.94. The number of hydrogen-bond acceptors (Lipinski definition) is 5. The molecule has 31 heavy (non-hydrogen) atoms. The highest BCUT2D eigenvalue weighted by Gasteiger charge is 2.22. The van der Waals surface area contributed by atoms with Gasteiger partial charge in [-0.15, -0.1) is 11.3 Å². The predicted molar refractivity (Wildman–Crippen MR) is 119 cm³/mol. The molecule has 0 saturated carbocycles. The van der Waals surface area contributed by atoms with Crippen LogP contribution in [-0.2, 0) is 0 Å². The van der Waals surface area contributed by atoms with Crippen LogP contribution in [0.15, 0.2) is 60.0 Å². The maximum Gasteiger partial charge on any atom is 0.259 e. The SMILES string of the molecule is CC(C)c1sc(-c2cccnc2)cc1C1=CNC(NC(=O)c2c(F)cccc2F)C=N1. The van der Waals surface area contributed by atoms with Gasteiger partial charge in [0.15, 0.2) is 0 Å². The lowest BCUT2D eigenvalue weighted by molar-refractivity contribution is 0.0936. The molecule has 3 aromatic rings. The Morgan fingerprint density at radius 2 is 1.97 bits per heavy atom. The van der Waals surface area contributed by atoms with E-state index < -0.39 is 29.3 Å². The highest BCUT2D eigenvalue weighted by Crippen LogP contribution is 2.39. The summed E-state index contributed by atoms with van der Waals surface area (Å²) in [6.45, 7) is 4.24. The molecule has 2 N–H and O–H groups in total. The van der Waals surface area contributed by atoms with Gasteiger partial charge in [0.25, 0.3) is 5.91 Å². The van der Waals surface area contributed by atoms with Crippen LogP contribution < -0.4 is 10.6 Å². The molecule has 0 bridgehead atoms. The van der Waals surface area contributed by atoms with Crippen LogP contribution in [0.2, 0.25) is 0 Å². The van der Waals surface area contributed by atoms with E-state index in [4.69, 9.17) is 0 Å². The number of nitrogens with one attached hydrogen (secondary N) is 2. The van der Waals surface area contributed by atoms with Crippen LogP contribution in [0.25, 0.3) is 16.1 Å². The molecule has 1 aliphatic rings. The van der Waals surface area contributed by atoms with E-state index in [-0.39, 0.29) is 0 Å². The van der Waals surface area contributed by atoms with Crippen LogP contribution >= 0.6 is 11.3 Å². The zero-order valence-electron chi connectivity index (χ0n) is 16.9. The third-order valence-corrected chi connectivity index (χ3v) is 6.23. The van der Waals surface area contributed by atoms with Gasteiger partial charge in [0.2, 0.25) is 0 Å². The number of thiophene rings is 1. The molecule has 5 nitrogen and oxygen atoms in total.